The van der Waals surface area contributed by atoms with Crippen LogP contribution in [-0.4, -0.2) is 47.7 Å². The molecule has 1 aliphatic rings. The third-order valence-electron chi connectivity index (χ3n) is 3.98. The van der Waals surface area contributed by atoms with Crippen LogP contribution in [0.15, 0.2) is 24.3 Å². The molecule has 2 atom stereocenters. The number of hydrogen-bond acceptors (Lipinski definition) is 3. The van der Waals surface area contributed by atoms with Gasteiger partial charge in [-0.1, -0.05) is 19.1 Å². The molecule has 1 amide bonds. The van der Waals surface area contributed by atoms with Crippen LogP contribution in [0.2, 0.25) is 0 Å². The van der Waals surface area contributed by atoms with Gasteiger partial charge < -0.3 is 14.7 Å². The van der Waals surface area contributed by atoms with Crippen LogP contribution < -0.4 is 0 Å². The van der Waals surface area contributed by atoms with Crippen LogP contribution in [0.4, 0.5) is 0 Å². The topological polar surface area (TPSA) is 66.8 Å². The van der Waals surface area contributed by atoms with Gasteiger partial charge in [-0.15, -0.1) is 0 Å². The summed E-state index contributed by atoms with van der Waals surface area (Å²) in [6.45, 7) is 4.83. The van der Waals surface area contributed by atoms with E-state index in [1.54, 1.807) is 17.0 Å². The second kappa shape index (κ2) is 6.72. The van der Waals surface area contributed by atoms with Crippen molar-refractivity contribution >= 4 is 11.9 Å². The Balaban J connectivity index is 2.19. The molecular formula is C16H21NO4. The van der Waals surface area contributed by atoms with Gasteiger partial charge in [-0.05, 0) is 31.0 Å². The maximum Gasteiger partial charge on any atom is 0.311 e. The number of aryl methyl sites for hydroxylation is 1. The van der Waals surface area contributed by atoms with Gasteiger partial charge in [0.15, 0.2) is 0 Å². The maximum atomic E-state index is 12.6. The fourth-order valence-corrected chi connectivity index (χ4v) is 2.66. The van der Waals surface area contributed by atoms with Crippen LogP contribution in [0.1, 0.15) is 29.8 Å². The van der Waals surface area contributed by atoms with Crippen LogP contribution >= 0.6 is 0 Å². The minimum absolute atomic E-state index is 0.137. The Labute approximate surface area is 124 Å². The summed E-state index contributed by atoms with van der Waals surface area (Å²) in [6.07, 6.45) is 0.920. The van der Waals surface area contributed by atoms with Gasteiger partial charge >= 0.3 is 5.97 Å². The normalized spacial score (nSPS) is 21.2. The molecule has 1 aliphatic heterocycles. The van der Waals surface area contributed by atoms with Crippen molar-refractivity contribution in [1.82, 2.24) is 4.90 Å². The maximum absolute atomic E-state index is 12.6. The third kappa shape index (κ3) is 3.24. The number of carbonyl (C=O) groups is 2. The SMILES string of the molecule is CCc1ccc(C(=O)N(CC)C2COCC2C(=O)O)cc1. The van der Waals surface area contributed by atoms with Gasteiger partial charge in [0.2, 0.25) is 0 Å². The molecule has 1 saturated heterocycles. The zero-order valence-corrected chi connectivity index (χ0v) is 12.4. The molecular weight excluding hydrogens is 270 g/mol. The number of benzene rings is 1. The van der Waals surface area contributed by atoms with Crippen molar-refractivity contribution in [3.63, 3.8) is 0 Å². The van der Waals surface area contributed by atoms with E-state index in [4.69, 9.17) is 4.74 Å². The highest BCUT2D eigenvalue weighted by molar-refractivity contribution is 5.94. The summed E-state index contributed by atoms with van der Waals surface area (Å²) < 4.78 is 5.26. The van der Waals surface area contributed by atoms with E-state index in [1.807, 2.05) is 19.1 Å². The summed E-state index contributed by atoms with van der Waals surface area (Å²) in [5.74, 6) is -1.70. The van der Waals surface area contributed by atoms with Crippen LogP contribution in [0.25, 0.3) is 0 Å². The third-order valence-corrected chi connectivity index (χ3v) is 3.98. The number of rotatable bonds is 5. The first-order valence-corrected chi connectivity index (χ1v) is 7.28. The van der Waals surface area contributed by atoms with E-state index in [9.17, 15) is 14.7 Å². The predicted octanol–water partition coefficient (Wildman–Crippen LogP) is 1.81. The molecule has 0 spiro atoms. The van der Waals surface area contributed by atoms with Crippen molar-refractivity contribution in [3.8, 4) is 0 Å². The van der Waals surface area contributed by atoms with Gasteiger partial charge in [-0.2, -0.15) is 0 Å². The minimum atomic E-state index is -0.912. The summed E-state index contributed by atoms with van der Waals surface area (Å²) in [7, 11) is 0. The van der Waals surface area contributed by atoms with Gasteiger partial charge in [0.05, 0.1) is 19.3 Å². The molecule has 1 fully saturated rings. The zero-order valence-electron chi connectivity index (χ0n) is 12.4. The van der Waals surface area contributed by atoms with Crippen molar-refractivity contribution in [1.29, 1.82) is 0 Å². The quantitative estimate of drug-likeness (QED) is 0.898. The lowest BCUT2D eigenvalue weighted by Gasteiger charge is -2.29. The van der Waals surface area contributed by atoms with E-state index < -0.39 is 17.9 Å². The second-order valence-corrected chi connectivity index (χ2v) is 5.19. The Morgan fingerprint density at radius 3 is 2.43 bits per heavy atom. The van der Waals surface area contributed by atoms with E-state index in [-0.39, 0.29) is 19.1 Å². The number of hydrogen-bond donors (Lipinski definition) is 1. The molecule has 0 radical (unpaired) electrons. The summed E-state index contributed by atoms with van der Waals surface area (Å²) in [4.78, 5) is 25.5. The molecule has 21 heavy (non-hydrogen) atoms. The van der Waals surface area contributed by atoms with Crippen LogP contribution in [0.3, 0.4) is 0 Å². The number of amides is 1. The Morgan fingerprint density at radius 1 is 1.24 bits per heavy atom. The second-order valence-electron chi connectivity index (χ2n) is 5.19. The molecule has 0 aromatic heterocycles. The Hall–Kier alpha value is -1.88. The van der Waals surface area contributed by atoms with Gasteiger partial charge in [0, 0.05) is 12.1 Å². The number of likely N-dealkylation sites (N-methyl/N-ethyl adjacent to an activating group) is 1. The Kier molecular flexibility index (Phi) is 4.96. The molecule has 114 valence electrons. The zero-order chi connectivity index (χ0) is 15.4. The Bertz CT molecular complexity index is 512. The standard InChI is InChI=1S/C16H21NO4/c1-3-11-5-7-12(8-6-11)15(18)17(4-2)14-10-21-9-13(14)16(19)20/h5-8,13-14H,3-4,9-10H2,1-2H3,(H,19,20). The molecule has 5 nitrogen and oxygen atoms in total. The summed E-state index contributed by atoms with van der Waals surface area (Å²) >= 11 is 0. The van der Waals surface area contributed by atoms with Crippen LogP contribution in [0.5, 0.6) is 0 Å². The molecule has 1 aromatic carbocycles. The lowest BCUT2D eigenvalue weighted by Crippen LogP contribution is -2.46. The molecule has 1 aromatic rings. The van der Waals surface area contributed by atoms with E-state index in [0.29, 0.717) is 12.1 Å². The molecule has 1 N–H and O–H groups in total. The summed E-state index contributed by atoms with van der Waals surface area (Å²) in [6, 6.07) is 7.07. The van der Waals surface area contributed by atoms with Crippen molar-refractivity contribution in [3.05, 3.63) is 35.4 Å². The number of carbonyl (C=O) groups excluding carboxylic acids is 1. The highest BCUT2D eigenvalue weighted by Crippen LogP contribution is 2.22. The molecule has 5 heteroatoms. The first kappa shape index (κ1) is 15.5. The minimum Gasteiger partial charge on any atom is -0.481 e. The number of carboxylic acid groups (broad SMARTS) is 1. The molecule has 0 saturated carbocycles. The fraction of sp³-hybridized carbons (Fsp3) is 0.500. The largest absolute Gasteiger partial charge is 0.481 e. The van der Waals surface area contributed by atoms with Crippen molar-refractivity contribution in [2.75, 3.05) is 19.8 Å². The first-order valence-electron chi connectivity index (χ1n) is 7.28. The van der Waals surface area contributed by atoms with E-state index in [0.717, 1.165) is 6.42 Å². The highest BCUT2D eigenvalue weighted by Gasteiger charge is 2.39. The first-order chi connectivity index (χ1) is 10.1. The lowest BCUT2D eigenvalue weighted by atomic mass is 10.0. The van der Waals surface area contributed by atoms with Crippen LogP contribution in [0, 0.1) is 5.92 Å². The predicted molar refractivity (Wildman–Crippen MR) is 78.3 cm³/mol. The van der Waals surface area contributed by atoms with Crippen LogP contribution in [-0.2, 0) is 16.0 Å². The van der Waals surface area contributed by atoms with Gasteiger partial charge in [0.25, 0.3) is 5.91 Å². The fourth-order valence-electron chi connectivity index (χ4n) is 2.66. The molecule has 2 rings (SSSR count). The molecule has 0 aliphatic carbocycles. The average molecular weight is 291 g/mol. The molecule has 0 bridgehead atoms. The smallest absolute Gasteiger partial charge is 0.311 e. The van der Waals surface area contributed by atoms with Crippen molar-refractivity contribution < 1.29 is 19.4 Å². The van der Waals surface area contributed by atoms with E-state index >= 15 is 0 Å². The van der Waals surface area contributed by atoms with Crippen molar-refractivity contribution in [2.24, 2.45) is 5.92 Å². The monoisotopic (exact) mass is 291 g/mol. The van der Waals surface area contributed by atoms with Gasteiger partial charge in [0.1, 0.15) is 5.92 Å². The summed E-state index contributed by atoms with van der Waals surface area (Å²) in [5, 5.41) is 9.23. The number of aliphatic carboxylic acids is 1. The highest BCUT2D eigenvalue weighted by atomic mass is 16.5. The van der Waals surface area contributed by atoms with E-state index in [2.05, 4.69) is 6.92 Å². The molecule has 2 unspecified atom stereocenters. The Morgan fingerprint density at radius 2 is 1.90 bits per heavy atom. The van der Waals surface area contributed by atoms with Gasteiger partial charge in [-0.3, -0.25) is 9.59 Å². The number of carboxylic acids is 1. The number of nitrogens with zero attached hydrogens (tertiary/aromatic N) is 1. The average Bonchev–Trinajstić information content (AvgIpc) is 2.97. The van der Waals surface area contributed by atoms with Crippen molar-refractivity contribution in [2.45, 2.75) is 26.3 Å². The van der Waals surface area contributed by atoms with Gasteiger partial charge in [-0.25, -0.2) is 0 Å². The lowest BCUT2D eigenvalue weighted by molar-refractivity contribution is -0.142. The summed E-state index contributed by atoms with van der Waals surface area (Å²) in [5.41, 5.74) is 1.76. The number of ether oxygens (including phenoxy) is 1. The molecule has 1 heterocycles. The van der Waals surface area contributed by atoms with E-state index in [1.165, 1.54) is 5.56 Å².